The Morgan fingerprint density at radius 1 is 1.10 bits per heavy atom. The highest BCUT2D eigenvalue weighted by atomic mass is 79.9. The highest BCUT2D eigenvalue weighted by molar-refractivity contribution is 9.10. The summed E-state index contributed by atoms with van der Waals surface area (Å²) in [6.45, 7) is 7.61. The Kier molecular flexibility index (Phi) is 6.06. The predicted molar refractivity (Wildman–Crippen MR) is 100 cm³/mol. The Balaban J connectivity index is 2.22. The largest absolute Gasteiger partial charge is 0.311 e. The van der Waals surface area contributed by atoms with Crippen LogP contribution >= 0.6 is 43.2 Å². The van der Waals surface area contributed by atoms with Gasteiger partial charge in [-0.2, -0.15) is 0 Å². The molecule has 1 nitrogen and oxygen atoms in total. The maximum atomic E-state index is 3.70. The highest BCUT2D eigenvalue weighted by Crippen LogP contribution is 2.32. The standard InChI is InChI=1S/C17H21Br2NS/c1-17(2,3)20-11-12(10-16-15(19)8-9-21-16)13-6-4-5-7-14(13)18/h4-9,12,20H,10-11H2,1-3H3. The van der Waals surface area contributed by atoms with Crippen molar-refractivity contribution in [2.24, 2.45) is 0 Å². The van der Waals surface area contributed by atoms with Crippen LogP contribution in [-0.4, -0.2) is 12.1 Å². The van der Waals surface area contributed by atoms with E-state index in [9.17, 15) is 0 Å². The fraction of sp³-hybridized carbons (Fsp3) is 0.412. The number of halogens is 2. The van der Waals surface area contributed by atoms with E-state index in [0.717, 1.165) is 13.0 Å². The molecule has 0 aliphatic rings. The van der Waals surface area contributed by atoms with Gasteiger partial charge in [0.1, 0.15) is 0 Å². The van der Waals surface area contributed by atoms with E-state index in [-0.39, 0.29) is 5.54 Å². The molecule has 4 heteroatoms. The van der Waals surface area contributed by atoms with Crippen LogP contribution in [0.25, 0.3) is 0 Å². The summed E-state index contributed by atoms with van der Waals surface area (Å²) in [7, 11) is 0. The molecule has 0 saturated heterocycles. The Hall–Kier alpha value is -0.160. The minimum atomic E-state index is 0.131. The van der Waals surface area contributed by atoms with Gasteiger partial charge >= 0.3 is 0 Å². The first kappa shape index (κ1) is 17.2. The fourth-order valence-electron chi connectivity index (χ4n) is 2.22. The van der Waals surface area contributed by atoms with Gasteiger partial charge < -0.3 is 5.32 Å². The minimum Gasteiger partial charge on any atom is -0.311 e. The third-order valence-corrected chi connectivity index (χ3v) is 6.02. The molecular formula is C17H21Br2NS. The molecule has 0 saturated carbocycles. The van der Waals surface area contributed by atoms with Crippen LogP contribution in [0.5, 0.6) is 0 Å². The number of benzene rings is 1. The maximum Gasteiger partial charge on any atom is 0.0314 e. The highest BCUT2D eigenvalue weighted by Gasteiger charge is 2.19. The van der Waals surface area contributed by atoms with E-state index in [1.54, 1.807) is 0 Å². The van der Waals surface area contributed by atoms with Crippen LogP contribution in [0.2, 0.25) is 0 Å². The Bertz CT molecular complexity index is 586. The predicted octanol–water partition coefficient (Wildman–Crippen LogP) is 5.99. The van der Waals surface area contributed by atoms with Crippen LogP contribution in [0.1, 0.15) is 37.1 Å². The molecule has 0 fully saturated rings. The van der Waals surface area contributed by atoms with Gasteiger partial charge in [0.15, 0.2) is 0 Å². The van der Waals surface area contributed by atoms with E-state index >= 15 is 0 Å². The zero-order valence-corrected chi connectivity index (χ0v) is 16.6. The van der Waals surface area contributed by atoms with Crippen molar-refractivity contribution in [1.29, 1.82) is 0 Å². The van der Waals surface area contributed by atoms with E-state index in [4.69, 9.17) is 0 Å². The second kappa shape index (κ2) is 7.40. The van der Waals surface area contributed by atoms with Crippen molar-refractivity contribution in [3.63, 3.8) is 0 Å². The van der Waals surface area contributed by atoms with Crippen molar-refractivity contribution in [1.82, 2.24) is 5.32 Å². The smallest absolute Gasteiger partial charge is 0.0314 e. The van der Waals surface area contributed by atoms with Gasteiger partial charge in [-0.3, -0.25) is 0 Å². The summed E-state index contributed by atoms with van der Waals surface area (Å²) in [5.74, 6) is 0.453. The Morgan fingerprint density at radius 3 is 2.38 bits per heavy atom. The first-order valence-corrected chi connectivity index (χ1v) is 9.55. The molecule has 2 rings (SSSR count). The maximum absolute atomic E-state index is 3.70. The molecule has 0 amide bonds. The second-order valence-corrected chi connectivity index (χ2v) is 8.95. The molecule has 1 heterocycles. The van der Waals surface area contributed by atoms with Crippen LogP contribution in [0.4, 0.5) is 0 Å². The van der Waals surface area contributed by atoms with E-state index in [0.29, 0.717) is 5.92 Å². The number of hydrogen-bond donors (Lipinski definition) is 1. The first-order chi connectivity index (χ1) is 9.87. The second-order valence-electron chi connectivity index (χ2n) is 6.25. The third kappa shape index (κ3) is 5.20. The van der Waals surface area contributed by atoms with Gasteiger partial charge in [0.2, 0.25) is 0 Å². The molecule has 0 aliphatic carbocycles. The number of nitrogens with one attached hydrogen (secondary N) is 1. The normalized spacial score (nSPS) is 13.4. The first-order valence-electron chi connectivity index (χ1n) is 7.08. The average Bonchev–Trinajstić information content (AvgIpc) is 2.80. The molecule has 2 aromatic rings. The van der Waals surface area contributed by atoms with Crippen LogP contribution in [0.15, 0.2) is 44.7 Å². The van der Waals surface area contributed by atoms with Crippen molar-refractivity contribution < 1.29 is 0 Å². The summed E-state index contributed by atoms with van der Waals surface area (Å²) >= 11 is 9.18. The molecule has 1 unspecified atom stereocenters. The van der Waals surface area contributed by atoms with Crippen LogP contribution in [-0.2, 0) is 6.42 Å². The summed E-state index contributed by atoms with van der Waals surface area (Å²) in [6, 6.07) is 10.7. The molecule has 0 radical (unpaired) electrons. The molecule has 1 N–H and O–H groups in total. The van der Waals surface area contributed by atoms with Crippen molar-refractivity contribution >= 4 is 43.2 Å². The quantitative estimate of drug-likeness (QED) is 0.614. The number of rotatable bonds is 5. The van der Waals surface area contributed by atoms with E-state index in [1.807, 2.05) is 11.3 Å². The summed E-state index contributed by atoms with van der Waals surface area (Å²) in [5, 5.41) is 5.79. The van der Waals surface area contributed by atoms with Crippen molar-refractivity contribution in [3.8, 4) is 0 Å². The number of hydrogen-bond acceptors (Lipinski definition) is 2. The number of thiophene rings is 1. The topological polar surface area (TPSA) is 12.0 Å². The molecule has 21 heavy (non-hydrogen) atoms. The van der Waals surface area contributed by atoms with Gasteiger partial charge in [-0.05, 0) is 66.2 Å². The Morgan fingerprint density at radius 2 is 1.81 bits per heavy atom. The lowest BCUT2D eigenvalue weighted by Crippen LogP contribution is -2.39. The summed E-state index contributed by atoms with van der Waals surface area (Å²) < 4.78 is 2.42. The summed E-state index contributed by atoms with van der Waals surface area (Å²) in [4.78, 5) is 1.41. The van der Waals surface area contributed by atoms with Crippen molar-refractivity contribution in [3.05, 3.63) is 55.1 Å². The molecule has 1 atom stereocenters. The lowest BCUT2D eigenvalue weighted by Gasteiger charge is -2.26. The zero-order chi connectivity index (χ0) is 15.5. The van der Waals surface area contributed by atoms with Crippen LogP contribution < -0.4 is 5.32 Å². The zero-order valence-electron chi connectivity index (χ0n) is 12.6. The minimum absolute atomic E-state index is 0.131. The van der Waals surface area contributed by atoms with Crippen molar-refractivity contribution in [2.45, 2.75) is 38.6 Å². The third-order valence-electron chi connectivity index (χ3n) is 3.35. The van der Waals surface area contributed by atoms with E-state index in [2.05, 4.69) is 93.7 Å². The molecule has 0 bridgehead atoms. The average molecular weight is 431 g/mol. The van der Waals surface area contributed by atoms with Gasteiger partial charge in [0, 0.05) is 31.8 Å². The molecule has 1 aromatic carbocycles. The summed E-state index contributed by atoms with van der Waals surface area (Å²) in [5.41, 5.74) is 1.50. The van der Waals surface area contributed by atoms with Gasteiger partial charge in [-0.15, -0.1) is 11.3 Å². The SMILES string of the molecule is CC(C)(C)NCC(Cc1sccc1Br)c1ccccc1Br. The van der Waals surface area contributed by atoms with Gasteiger partial charge in [-0.1, -0.05) is 34.1 Å². The molecular weight excluding hydrogens is 410 g/mol. The Labute approximate surface area is 148 Å². The van der Waals surface area contributed by atoms with Crippen LogP contribution in [0, 0.1) is 0 Å². The van der Waals surface area contributed by atoms with Gasteiger partial charge in [0.25, 0.3) is 0 Å². The monoisotopic (exact) mass is 429 g/mol. The molecule has 0 spiro atoms. The molecule has 1 aromatic heterocycles. The van der Waals surface area contributed by atoms with E-state index < -0.39 is 0 Å². The lowest BCUT2D eigenvalue weighted by molar-refractivity contribution is 0.405. The van der Waals surface area contributed by atoms with E-state index in [1.165, 1.54) is 19.4 Å². The molecule has 0 aliphatic heterocycles. The molecule has 114 valence electrons. The van der Waals surface area contributed by atoms with Crippen LogP contribution in [0.3, 0.4) is 0 Å². The fourth-order valence-corrected chi connectivity index (χ4v) is 4.43. The van der Waals surface area contributed by atoms with Gasteiger partial charge in [-0.25, -0.2) is 0 Å². The summed E-state index contributed by atoms with van der Waals surface area (Å²) in [6.07, 6.45) is 1.05. The lowest BCUT2D eigenvalue weighted by atomic mass is 9.93. The van der Waals surface area contributed by atoms with Gasteiger partial charge in [0.05, 0.1) is 0 Å². The van der Waals surface area contributed by atoms with Crippen molar-refractivity contribution in [2.75, 3.05) is 6.54 Å².